The SMILES string of the molecule is ClC1CCC(CNCc2ccc3c(c2)CCC3)CC1. The van der Waals surface area contributed by atoms with Gasteiger partial charge in [0.1, 0.15) is 0 Å². The third kappa shape index (κ3) is 3.52. The lowest BCUT2D eigenvalue weighted by atomic mass is 9.89. The number of benzene rings is 1. The monoisotopic (exact) mass is 277 g/mol. The molecule has 1 aromatic carbocycles. The average Bonchev–Trinajstić information content (AvgIpc) is 2.88. The summed E-state index contributed by atoms with van der Waals surface area (Å²) in [6.07, 6.45) is 8.90. The summed E-state index contributed by atoms with van der Waals surface area (Å²) in [5.41, 5.74) is 4.61. The molecular weight excluding hydrogens is 254 g/mol. The number of aryl methyl sites for hydroxylation is 2. The molecule has 0 unspecified atom stereocenters. The predicted octanol–water partition coefficient (Wildman–Crippen LogP) is 4.06. The van der Waals surface area contributed by atoms with Crippen LogP contribution in [0.1, 0.15) is 48.8 Å². The molecule has 0 atom stereocenters. The van der Waals surface area contributed by atoms with E-state index in [0.717, 1.165) is 19.0 Å². The van der Waals surface area contributed by atoms with Crippen molar-refractivity contribution in [3.05, 3.63) is 34.9 Å². The molecule has 0 aromatic heterocycles. The minimum absolute atomic E-state index is 0.438. The highest BCUT2D eigenvalue weighted by atomic mass is 35.5. The summed E-state index contributed by atoms with van der Waals surface area (Å²) in [6.45, 7) is 2.18. The molecule has 1 fully saturated rings. The number of halogens is 1. The number of alkyl halides is 1. The maximum atomic E-state index is 6.15. The van der Waals surface area contributed by atoms with E-state index in [1.165, 1.54) is 50.5 Å². The third-order valence-corrected chi connectivity index (χ3v) is 5.14. The van der Waals surface area contributed by atoms with Crippen LogP contribution in [0.4, 0.5) is 0 Å². The largest absolute Gasteiger partial charge is 0.312 e. The zero-order valence-corrected chi connectivity index (χ0v) is 12.4. The fourth-order valence-corrected chi connectivity index (χ4v) is 3.73. The highest BCUT2D eigenvalue weighted by molar-refractivity contribution is 6.20. The Bertz CT molecular complexity index is 421. The molecule has 0 aliphatic heterocycles. The van der Waals surface area contributed by atoms with Gasteiger partial charge in [0.05, 0.1) is 0 Å². The summed E-state index contributed by atoms with van der Waals surface area (Å²) in [7, 11) is 0. The molecule has 2 aliphatic carbocycles. The van der Waals surface area contributed by atoms with Gasteiger partial charge in [0.2, 0.25) is 0 Å². The molecule has 104 valence electrons. The van der Waals surface area contributed by atoms with Crippen LogP contribution in [0, 0.1) is 5.92 Å². The topological polar surface area (TPSA) is 12.0 Å². The maximum Gasteiger partial charge on any atom is 0.0336 e. The van der Waals surface area contributed by atoms with Crippen LogP contribution in [0.5, 0.6) is 0 Å². The molecule has 3 rings (SSSR count). The fraction of sp³-hybridized carbons (Fsp3) is 0.647. The van der Waals surface area contributed by atoms with Gasteiger partial charge < -0.3 is 5.32 Å². The van der Waals surface area contributed by atoms with E-state index in [9.17, 15) is 0 Å². The minimum atomic E-state index is 0.438. The van der Waals surface area contributed by atoms with Crippen LogP contribution in [-0.2, 0) is 19.4 Å². The highest BCUT2D eigenvalue weighted by Gasteiger charge is 2.19. The Morgan fingerprint density at radius 1 is 1.05 bits per heavy atom. The van der Waals surface area contributed by atoms with E-state index >= 15 is 0 Å². The molecule has 0 saturated heterocycles. The molecule has 1 saturated carbocycles. The summed E-state index contributed by atoms with van der Waals surface area (Å²) in [5.74, 6) is 0.837. The number of fused-ring (bicyclic) bond motifs is 1. The van der Waals surface area contributed by atoms with Crippen molar-refractivity contribution >= 4 is 11.6 Å². The van der Waals surface area contributed by atoms with Crippen molar-refractivity contribution in [2.75, 3.05) is 6.54 Å². The summed E-state index contributed by atoms with van der Waals surface area (Å²) in [5, 5.41) is 4.07. The summed E-state index contributed by atoms with van der Waals surface area (Å²) in [4.78, 5) is 0. The lowest BCUT2D eigenvalue weighted by Gasteiger charge is -2.25. The van der Waals surface area contributed by atoms with E-state index in [0.29, 0.717) is 5.38 Å². The van der Waals surface area contributed by atoms with Crippen LogP contribution >= 0.6 is 11.6 Å². The molecule has 1 nitrogen and oxygen atoms in total. The zero-order chi connectivity index (χ0) is 13.1. The lowest BCUT2D eigenvalue weighted by molar-refractivity contribution is 0.345. The van der Waals surface area contributed by atoms with E-state index in [4.69, 9.17) is 11.6 Å². The van der Waals surface area contributed by atoms with Crippen molar-refractivity contribution in [2.24, 2.45) is 5.92 Å². The lowest BCUT2D eigenvalue weighted by Crippen LogP contribution is -2.26. The van der Waals surface area contributed by atoms with E-state index in [2.05, 4.69) is 23.5 Å². The van der Waals surface area contributed by atoms with Crippen LogP contribution in [-0.4, -0.2) is 11.9 Å². The van der Waals surface area contributed by atoms with Crippen LogP contribution in [0.15, 0.2) is 18.2 Å². The Labute approximate surface area is 121 Å². The molecule has 0 amide bonds. The molecular formula is C17H24ClN. The van der Waals surface area contributed by atoms with Crippen LogP contribution in [0.25, 0.3) is 0 Å². The Morgan fingerprint density at radius 3 is 2.68 bits per heavy atom. The van der Waals surface area contributed by atoms with Gasteiger partial charge in [-0.15, -0.1) is 11.6 Å². The molecule has 2 heteroatoms. The van der Waals surface area contributed by atoms with E-state index < -0.39 is 0 Å². The molecule has 0 radical (unpaired) electrons. The number of rotatable bonds is 4. The van der Waals surface area contributed by atoms with Crippen molar-refractivity contribution in [1.82, 2.24) is 5.32 Å². The average molecular weight is 278 g/mol. The first-order valence-electron chi connectivity index (χ1n) is 7.77. The van der Waals surface area contributed by atoms with Gasteiger partial charge in [-0.25, -0.2) is 0 Å². The van der Waals surface area contributed by atoms with Gasteiger partial charge in [0, 0.05) is 11.9 Å². The molecule has 1 N–H and O–H groups in total. The van der Waals surface area contributed by atoms with Gasteiger partial charge in [-0.2, -0.15) is 0 Å². The number of nitrogens with one attached hydrogen (secondary N) is 1. The van der Waals surface area contributed by atoms with Gasteiger partial charge in [-0.05, 0) is 74.1 Å². The normalized spacial score (nSPS) is 26.4. The van der Waals surface area contributed by atoms with Gasteiger partial charge >= 0.3 is 0 Å². The zero-order valence-electron chi connectivity index (χ0n) is 11.6. The Kier molecular flexibility index (Phi) is 4.45. The molecule has 0 spiro atoms. The van der Waals surface area contributed by atoms with Gasteiger partial charge in [-0.3, -0.25) is 0 Å². The second-order valence-electron chi connectivity index (χ2n) is 6.21. The van der Waals surface area contributed by atoms with Crippen molar-refractivity contribution in [2.45, 2.75) is 56.9 Å². The quantitative estimate of drug-likeness (QED) is 0.819. The molecule has 2 aliphatic rings. The number of hydrogen-bond acceptors (Lipinski definition) is 1. The molecule has 0 bridgehead atoms. The summed E-state index contributed by atoms with van der Waals surface area (Å²) in [6, 6.07) is 7.04. The predicted molar refractivity (Wildman–Crippen MR) is 81.8 cm³/mol. The van der Waals surface area contributed by atoms with E-state index in [1.807, 2.05) is 0 Å². The van der Waals surface area contributed by atoms with Gasteiger partial charge in [-0.1, -0.05) is 18.2 Å². The first-order valence-corrected chi connectivity index (χ1v) is 8.20. The smallest absolute Gasteiger partial charge is 0.0336 e. The third-order valence-electron chi connectivity index (χ3n) is 4.70. The van der Waals surface area contributed by atoms with Crippen molar-refractivity contribution in [3.63, 3.8) is 0 Å². The maximum absolute atomic E-state index is 6.15. The van der Waals surface area contributed by atoms with Crippen LogP contribution in [0.2, 0.25) is 0 Å². The summed E-state index contributed by atoms with van der Waals surface area (Å²) < 4.78 is 0. The first-order chi connectivity index (χ1) is 9.31. The van der Waals surface area contributed by atoms with E-state index in [1.54, 1.807) is 11.1 Å². The van der Waals surface area contributed by atoms with Crippen molar-refractivity contribution in [3.8, 4) is 0 Å². The molecule has 1 aromatic rings. The molecule has 0 heterocycles. The first kappa shape index (κ1) is 13.5. The minimum Gasteiger partial charge on any atom is -0.312 e. The summed E-state index contributed by atoms with van der Waals surface area (Å²) >= 11 is 6.15. The fourth-order valence-electron chi connectivity index (χ4n) is 3.48. The van der Waals surface area contributed by atoms with Crippen LogP contribution < -0.4 is 5.32 Å². The van der Waals surface area contributed by atoms with Gasteiger partial charge in [0.15, 0.2) is 0 Å². The Hall–Kier alpha value is -0.530. The number of hydrogen-bond donors (Lipinski definition) is 1. The van der Waals surface area contributed by atoms with Crippen molar-refractivity contribution in [1.29, 1.82) is 0 Å². The van der Waals surface area contributed by atoms with Crippen LogP contribution in [0.3, 0.4) is 0 Å². The van der Waals surface area contributed by atoms with Crippen molar-refractivity contribution < 1.29 is 0 Å². The second-order valence-corrected chi connectivity index (χ2v) is 6.82. The molecule has 19 heavy (non-hydrogen) atoms. The second kappa shape index (κ2) is 6.28. The van der Waals surface area contributed by atoms with Gasteiger partial charge in [0.25, 0.3) is 0 Å². The Morgan fingerprint density at radius 2 is 1.84 bits per heavy atom. The van der Waals surface area contributed by atoms with E-state index in [-0.39, 0.29) is 0 Å². The highest BCUT2D eigenvalue weighted by Crippen LogP contribution is 2.27. The Balaban J connectivity index is 1.45. The standard InChI is InChI=1S/C17H24ClN/c18-17-8-5-13(6-9-17)11-19-12-14-4-7-15-2-1-3-16(15)10-14/h4,7,10,13,17,19H,1-3,5-6,8-9,11-12H2.